The van der Waals surface area contributed by atoms with Crippen molar-refractivity contribution in [3.05, 3.63) is 40.2 Å². The fourth-order valence-electron chi connectivity index (χ4n) is 3.69. The molecule has 0 aliphatic carbocycles. The van der Waals surface area contributed by atoms with E-state index in [2.05, 4.69) is 22.2 Å². The van der Waals surface area contributed by atoms with Crippen molar-refractivity contribution in [2.75, 3.05) is 45.7 Å². The maximum absolute atomic E-state index is 12.7. The Labute approximate surface area is 198 Å². The van der Waals surface area contributed by atoms with E-state index in [9.17, 15) is 9.59 Å². The van der Waals surface area contributed by atoms with Gasteiger partial charge < -0.3 is 15.0 Å². The molecule has 1 amide bonds. The fraction of sp³-hybridized carbons (Fsp3) is 0.455. The van der Waals surface area contributed by atoms with Gasteiger partial charge in [0.2, 0.25) is 5.91 Å². The average molecular weight is 486 g/mol. The van der Waals surface area contributed by atoms with Crippen LogP contribution in [-0.4, -0.2) is 68.1 Å². The van der Waals surface area contributed by atoms with Crippen molar-refractivity contribution in [1.29, 1.82) is 0 Å². The first-order chi connectivity index (χ1) is 14.4. The number of nitrogens with one attached hydrogen (secondary N) is 1. The number of piperidine rings is 1. The van der Waals surface area contributed by atoms with Gasteiger partial charge in [-0.15, -0.1) is 23.7 Å². The average Bonchev–Trinajstić information content (AvgIpc) is 3.12. The second-order valence-electron chi connectivity index (χ2n) is 7.55. The van der Waals surface area contributed by atoms with Crippen LogP contribution in [-0.2, 0) is 9.53 Å². The molecule has 1 aliphatic rings. The van der Waals surface area contributed by atoms with E-state index in [4.69, 9.17) is 16.3 Å². The molecule has 1 aromatic heterocycles. The van der Waals surface area contributed by atoms with Crippen LogP contribution in [0.2, 0.25) is 5.02 Å². The van der Waals surface area contributed by atoms with Gasteiger partial charge >= 0.3 is 5.97 Å². The maximum atomic E-state index is 12.7. The molecule has 6 nitrogen and oxygen atoms in total. The molecule has 9 heteroatoms. The van der Waals surface area contributed by atoms with Crippen LogP contribution in [0.4, 0.5) is 5.00 Å². The number of nitrogens with zero attached hydrogens (tertiary/aromatic N) is 2. The molecule has 0 spiro atoms. The molecular formula is C22H29Cl2N3O3S. The first-order valence-corrected chi connectivity index (χ1v) is 11.4. The largest absolute Gasteiger partial charge is 0.462 e. The Morgan fingerprint density at radius 2 is 1.94 bits per heavy atom. The van der Waals surface area contributed by atoms with Crippen LogP contribution in [0.1, 0.15) is 30.1 Å². The highest BCUT2D eigenvalue weighted by atomic mass is 35.5. The lowest BCUT2D eigenvalue weighted by Crippen LogP contribution is -2.44. The van der Waals surface area contributed by atoms with Crippen molar-refractivity contribution in [1.82, 2.24) is 9.80 Å². The number of likely N-dealkylation sites (N-methyl/N-ethyl adjacent to an activating group) is 1. The van der Waals surface area contributed by atoms with Crippen LogP contribution in [0, 0.1) is 0 Å². The summed E-state index contributed by atoms with van der Waals surface area (Å²) in [7, 11) is 4.10. The zero-order chi connectivity index (χ0) is 21.7. The molecule has 1 N–H and O–H groups in total. The molecule has 1 aromatic carbocycles. The summed E-state index contributed by atoms with van der Waals surface area (Å²) >= 11 is 7.66. The highest BCUT2D eigenvalue weighted by Gasteiger charge is 2.26. The molecular weight excluding hydrogens is 457 g/mol. The highest BCUT2D eigenvalue weighted by Crippen LogP contribution is 2.39. The van der Waals surface area contributed by atoms with Crippen molar-refractivity contribution in [3.8, 4) is 11.1 Å². The summed E-state index contributed by atoms with van der Waals surface area (Å²) < 4.78 is 5.26. The number of rotatable bonds is 7. The zero-order valence-corrected chi connectivity index (χ0v) is 20.4. The second-order valence-corrected chi connectivity index (χ2v) is 8.84. The number of carbonyl (C=O) groups is 2. The third-order valence-electron chi connectivity index (χ3n) is 5.39. The van der Waals surface area contributed by atoms with Gasteiger partial charge in [0.1, 0.15) is 10.6 Å². The number of halogens is 2. The van der Waals surface area contributed by atoms with E-state index in [1.165, 1.54) is 11.3 Å². The summed E-state index contributed by atoms with van der Waals surface area (Å²) in [6.45, 7) is 4.36. The van der Waals surface area contributed by atoms with Gasteiger partial charge in [-0.05, 0) is 53.0 Å². The molecule has 1 saturated heterocycles. The van der Waals surface area contributed by atoms with Gasteiger partial charge in [-0.25, -0.2) is 4.79 Å². The minimum Gasteiger partial charge on any atom is -0.462 e. The van der Waals surface area contributed by atoms with Crippen LogP contribution in [0.5, 0.6) is 0 Å². The predicted molar refractivity (Wildman–Crippen MR) is 130 cm³/mol. The quantitative estimate of drug-likeness (QED) is 0.579. The molecule has 0 radical (unpaired) electrons. The molecule has 2 heterocycles. The number of carbonyl (C=O) groups excluding carboxylic acids is 2. The third-order valence-corrected chi connectivity index (χ3v) is 6.62. The summed E-state index contributed by atoms with van der Waals surface area (Å²) in [4.78, 5) is 29.8. The molecule has 0 unspecified atom stereocenters. The van der Waals surface area contributed by atoms with E-state index in [-0.39, 0.29) is 31.5 Å². The van der Waals surface area contributed by atoms with Gasteiger partial charge in [0.25, 0.3) is 0 Å². The summed E-state index contributed by atoms with van der Waals surface area (Å²) in [5.41, 5.74) is 1.76. The summed E-state index contributed by atoms with van der Waals surface area (Å²) in [6.07, 6.45) is 2.09. The monoisotopic (exact) mass is 485 g/mol. The van der Waals surface area contributed by atoms with Gasteiger partial charge in [0, 0.05) is 27.6 Å². The summed E-state index contributed by atoms with van der Waals surface area (Å²) in [6, 6.07) is 7.72. The number of ether oxygens (including phenoxy) is 1. The second kappa shape index (κ2) is 11.8. The Hall–Kier alpha value is -1.64. The van der Waals surface area contributed by atoms with Crippen molar-refractivity contribution in [2.24, 2.45) is 0 Å². The molecule has 1 fully saturated rings. The number of esters is 1. The number of likely N-dealkylation sites (tertiary alicyclic amines) is 1. The van der Waals surface area contributed by atoms with Crippen LogP contribution >= 0.6 is 35.3 Å². The SMILES string of the molecule is CCOC(=O)c1c(-c2ccccc2Cl)csc1NC(=O)CN(C)C1CCN(C)CC1.Cl. The lowest BCUT2D eigenvalue weighted by molar-refractivity contribution is -0.117. The van der Waals surface area contributed by atoms with E-state index >= 15 is 0 Å². The van der Waals surface area contributed by atoms with Gasteiger partial charge in [0.05, 0.1) is 13.2 Å². The van der Waals surface area contributed by atoms with Crippen LogP contribution in [0.25, 0.3) is 11.1 Å². The summed E-state index contributed by atoms with van der Waals surface area (Å²) in [5, 5.41) is 5.79. The minimum atomic E-state index is -0.465. The highest BCUT2D eigenvalue weighted by molar-refractivity contribution is 7.15. The number of benzene rings is 1. The predicted octanol–water partition coefficient (Wildman–Crippen LogP) is 4.63. The number of hydrogen-bond acceptors (Lipinski definition) is 6. The lowest BCUT2D eigenvalue weighted by atomic mass is 10.0. The normalized spacial score (nSPS) is 14.9. The fourth-order valence-corrected chi connectivity index (χ4v) is 4.89. The van der Waals surface area contributed by atoms with E-state index in [0.29, 0.717) is 27.2 Å². The Morgan fingerprint density at radius 1 is 1.26 bits per heavy atom. The van der Waals surface area contributed by atoms with E-state index in [0.717, 1.165) is 31.5 Å². The molecule has 2 aromatic rings. The Bertz CT molecular complexity index is 898. The van der Waals surface area contributed by atoms with E-state index < -0.39 is 5.97 Å². The van der Waals surface area contributed by atoms with Crippen molar-refractivity contribution >= 4 is 52.2 Å². The first-order valence-electron chi connectivity index (χ1n) is 10.1. The Morgan fingerprint density at radius 3 is 2.58 bits per heavy atom. The smallest absolute Gasteiger partial charge is 0.341 e. The van der Waals surface area contributed by atoms with Gasteiger partial charge in [-0.2, -0.15) is 0 Å². The molecule has 0 atom stereocenters. The molecule has 1 aliphatic heterocycles. The van der Waals surface area contributed by atoms with E-state index in [1.54, 1.807) is 13.0 Å². The number of hydrogen-bond donors (Lipinski definition) is 1. The standard InChI is InChI=1S/C22H28ClN3O3S.ClH/c1-4-29-22(28)20-17(16-7-5-6-8-18(16)23)14-30-21(20)24-19(27)13-26(3)15-9-11-25(2)12-10-15;/h5-8,14-15H,4,9-13H2,1-3H3,(H,24,27);1H. The number of thiophene rings is 1. The van der Waals surface area contributed by atoms with Gasteiger partial charge in [-0.3, -0.25) is 9.69 Å². The van der Waals surface area contributed by atoms with Crippen LogP contribution in [0.3, 0.4) is 0 Å². The Kier molecular flexibility index (Phi) is 9.78. The maximum Gasteiger partial charge on any atom is 0.341 e. The topological polar surface area (TPSA) is 61.9 Å². The van der Waals surface area contributed by atoms with Crippen molar-refractivity contribution in [3.63, 3.8) is 0 Å². The van der Waals surface area contributed by atoms with Crippen LogP contribution < -0.4 is 5.32 Å². The molecule has 170 valence electrons. The zero-order valence-electron chi connectivity index (χ0n) is 18.0. The summed E-state index contributed by atoms with van der Waals surface area (Å²) in [5.74, 6) is -0.609. The van der Waals surface area contributed by atoms with E-state index in [1.807, 2.05) is 30.6 Å². The Balaban J connectivity index is 0.00000341. The van der Waals surface area contributed by atoms with Gasteiger partial charge in [0.15, 0.2) is 0 Å². The van der Waals surface area contributed by atoms with Crippen LogP contribution in [0.15, 0.2) is 29.6 Å². The molecule has 0 bridgehead atoms. The molecule has 0 saturated carbocycles. The lowest BCUT2D eigenvalue weighted by Gasteiger charge is -2.34. The van der Waals surface area contributed by atoms with Crippen molar-refractivity contribution in [2.45, 2.75) is 25.8 Å². The van der Waals surface area contributed by atoms with Gasteiger partial charge in [-0.1, -0.05) is 29.8 Å². The number of anilines is 1. The molecule has 31 heavy (non-hydrogen) atoms. The first kappa shape index (κ1) is 25.6. The van der Waals surface area contributed by atoms with Crippen molar-refractivity contribution < 1.29 is 14.3 Å². The number of amides is 1. The molecule has 3 rings (SSSR count). The minimum absolute atomic E-state index is 0. The third kappa shape index (κ3) is 6.43.